The number of imidazole rings is 1. The molecule has 0 aliphatic carbocycles. The molecule has 96 valence electrons. The highest BCUT2D eigenvalue weighted by molar-refractivity contribution is 5.34. The van der Waals surface area contributed by atoms with E-state index < -0.39 is 6.43 Å². The Morgan fingerprint density at radius 1 is 1.44 bits per heavy atom. The summed E-state index contributed by atoms with van der Waals surface area (Å²) in [4.78, 5) is 8.40. The Morgan fingerprint density at radius 3 is 3.06 bits per heavy atom. The van der Waals surface area contributed by atoms with Gasteiger partial charge in [0.2, 0.25) is 5.78 Å². The van der Waals surface area contributed by atoms with Crippen molar-refractivity contribution in [3.63, 3.8) is 0 Å². The van der Waals surface area contributed by atoms with Crippen molar-refractivity contribution in [2.75, 3.05) is 13.1 Å². The number of nitrogens with one attached hydrogen (secondary N) is 1. The minimum Gasteiger partial charge on any atom is -0.316 e. The number of halogens is 2. The number of fused-ring (bicyclic) bond motifs is 1. The predicted molar refractivity (Wildman–Crippen MR) is 62.8 cm³/mol. The molecule has 18 heavy (non-hydrogen) atoms. The molecule has 0 aromatic carbocycles. The average Bonchev–Trinajstić information content (AvgIpc) is 2.86. The van der Waals surface area contributed by atoms with E-state index in [9.17, 15) is 8.78 Å². The second kappa shape index (κ2) is 4.61. The Balaban J connectivity index is 2.06. The van der Waals surface area contributed by atoms with Gasteiger partial charge in [-0.25, -0.2) is 18.7 Å². The van der Waals surface area contributed by atoms with Crippen LogP contribution in [0.15, 0.2) is 18.5 Å². The standard InChI is InChI=1S/C12H14F2N4/c13-11(14)10-6-9(8-2-1-3-15-7-8)17-12-16-4-5-18(10)12/h4-6,8,11,15H,1-3,7H2. The molecule has 3 rings (SSSR count). The van der Waals surface area contributed by atoms with Gasteiger partial charge in [0, 0.05) is 24.9 Å². The van der Waals surface area contributed by atoms with Crippen LogP contribution in [0.3, 0.4) is 0 Å². The number of piperidine rings is 1. The molecule has 1 unspecified atom stereocenters. The smallest absolute Gasteiger partial charge is 0.278 e. The normalized spacial score (nSPS) is 20.7. The van der Waals surface area contributed by atoms with E-state index in [-0.39, 0.29) is 11.6 Å². The lowest BCUT2D eigenvalue weighted by molar-refractivity contribution is 0.144. The molecule has 1 atom stereocenters. The zero-order valence-corrected chi connectivity index (χ0v) is 9.81. The van der Waals surface area contributed by atoms with Crippen molar-refractivity contribution in [1.29, 1.82) is 0 Å². The molecule has 1 N–H and O–H groups in total. The summed E-state index contributed by atoms with van der Waals surface area (Å²) in [7, 11) is 0. The van der Waals surface area contributed by atoms with Gasteiger partial charge in [-0.3, -0.25) is 4.40 Å². The third kappa shape index (κ3) is 1.96. The highest BCUT2D eigenvalue weighted by Gasteiger charge is 2.21. The largest absolute Gasteiger partial charge is 0.316 e. The molecular weight excluding hydrogens is 238 g/mol. The van der Waals surface area contributed by atoms with Crippen molar-refractivity contribution in [3.05, 3.63) is 29.8 Å². The molecule has 0 amide bonds. The fourth-order valence-electron chi connectivity index (χ4n) is 2.43. The van der Waals surface area contributed by atoms with Gasteiger partial charge in [0.15, 0.2) is 0 Å². The molecule has 3 heterocycles. The minimum atomic E-state index is -2.51. The van der Waals surface area contributed by atoms with Crippen molar-refractivity contribution < 1.29 is 8.78 Å². The molecule has 4 nitrogen and oxygen atoms in total. The van der Waals surface area contributed by atoms with E-state index in [1.54, 1.807) is 0 Å². The van der Waals surface area contributed by atoms with Gasteiger partial charge in [0.05, 0.1) is 11.4 Å². The molecular formula is C12H14F2N4. The summed E-state index contributed by atoms with van der Waals surface area (Å²) in [6.07, 6.45) is 2.54. The first-order chi connectivity index (χ1) is 8.75. The van der Waals surface area contributed by atoms with Gasteiger partial charge in [-0.2, -0.15) is 0 Å². The van der Waals surface area contributed by atoms with Crippen LogP contribution in [0, 0.1) is 0 Å². The summed E-state index contributed by atoms with van der Waals surface area (Å²) in [5.74, 6) is 0.561. The molecule has 0 radical (unpaired) electrons. The SMILES string of the molecule is FC(F)c1cc(C2CCCNC2)nc2nccn12. The molecule has 2 aromatic rings. The topological polar surface area (TPSA) is 42.2 Å². The molecule has 2 aromatic heterocycles. The Morgan fingerprint density at radius 2 is 2.33 bits per heavy atom. The van der Waals surface area contributed by atoms with Crippen LogP contribution in [0.2, 0.25) is 0 Å². The zero-order valence-electron chi connectivity index (χ0n) is 9.81. The molecule has 1 aliphatic heterocycles. The van der Waals surface area contributed by atoms with E-state index in [1.807, 2.05) is 0 Å². The van der Waals surface area contributed by atoms with E-state index >= 15 is 0 Å². The maximum Gasteiger partial charge on any atom is 0.278 e. The zero-order chi connectivity index (χ0) is 12.5. The number of aromatic nitrogens is 3. The van der Waals surface area contributed by atoms with Gasteiger partial charge in [-0.15, -0.1) is 0 Å². The number of rotatable bonds is 2. The lowest BCUT2D eigenvalue weighted by atomic mass is 9.95. The average molecular weight is 252 g/mol. The summed E-state index contributed by atoms with van der Waals surface area (Å²) >= 11 is 0. The fraction of sp³-hybridized carbons (Fsp3) is 0.500. The summed E-state index contributed by atoms with van der Waals surface area (Å²) in [6, 6.07) is 1.51. The lowest BCUT2D eigenvalue weighted by Gasteiger charge is -2.22. The van der Waals surface area contributed by atoms with Crippen molar-refractivity contribution in [2.45, 2.75) is 25.2 Å². The van der Waals surface area contributed by atoms with E-state index in [4.69, 9.17) is 0 Å². The predicted octanol–water partition coefficient (Wildman–Crippen LogP) is 2.13. The van der Waals surface area contributed by atoms with Crippen molar-refractivity contribution >= 4 is 5.78 Å². The second-order valence-electron chi connectivity index (χ2n) is 4.55. The quantitative estimate of drug-likeness (QED) is 0.890. The maximum absolute atomic E-state index is 13.0. The molecule has 0 bridgehead atoms. The van der Waals surface area contributed by atoms with Gasteiger partial charge in [-0.05, 0) is 25.5 Å². The Bertz CT molecular complexity index is 546. The summed E-state index contributed by atoms with van der Waals surface area (Å²) < 4.78 is 27.4. The molecule has 1 saturated heterocycles. The first-order valence-corrected chi connectivity index (χ1v) is 6.08. The Kier molecular flexibility index (Phi) is 2.95. The molecule has 0 spiro atoms. The number of hydrogen-bond acceptors (Lipinski definition) is 3. The Labute approximate surface area is 103 Å². The van der Waals surface area contributed by atoms with Crippen LogP contribution in [0.25, 0.3) is 5.78 Å². The fourth-order valence-corrected chi connectivity index (χ4v) is 2.43. The Hall–Kier alpha value is -1.56. The highest BCUT2D eigenvalue weighted by atomic mass is 19.3. The van der Waals surface area contributed by atoms with Crippen LogP contribution in [0.4, 0.5) is 8.78 Å². The van der Waals surface area contributed by atoms with E-state index in [0.29, 0.717) is 5.78 Å². The summed E-state index contributed by atoms with van der Waals surface area (Å²) in [5.41, 5.74) is 0.689. The summed E-state index contributed by atoms with van der Waals surface area (Å²) in [5, 5.41) is 3.27. The van der Waals surface area contributed by atoms with Gasteiger partial charge >= 0.3 is 0 Å². The van der Waals surface area contributed by atoms with Crippen LogP contribution in [0.5, 0.6) is 0 Å². The van der Waals surface area contributed by atoms with Crippen molar-refractivity contribution in [3.8, 4) is 0 Å². The highest BCUT2D eigenvalue weighted by Crippen LogP contribution is 2.26. The maximum atomic E-state index is 13.0. The van der Waals surface area contributed by atoms with Gasteiger partial charge in [-0.1, -0.05) is 0 Å². The number of hydrogen-bond donors (Lipinski definition) is 1. The lowest BCUT2D eigenvalue weighted by Crippen LogP contribution is -2.29. The molecule has 6 heteroatoms. The minimum absolute atomic E-state index is 0.0296. The van der Waals surface area contributed by atoms with E-state index in [0.717, 1.165) is 31.6 Å². The van der Waals surface area contributed by atoms with Crippen LogP contribution in [-0.4, -0.2) is 27.5 Å². The van der Waals surface area contributed by atoms with Crippen molar-refractivity contribution in [1.82, 2.24) is 19.7 Å². The van der Waals surface area contributed by atoms with Crippen LogP contribution in [0.1, 0.15) is 36.6 Å². The molecule has 1 aliphatic rings. The molecule has 0 saturated carbocycles. The number of nitrogens with zero attached hydrogens (tertiary/aromatic N) is 3. The van der Waals surface area contributed by atoms with E-state index in [2.05, 4.69) is 15.3 Å². The monoisotopic (exact) mass is 252 g/mol. The van der Waals surface area contributed by atoms with Gasteiger partial charge in [0.25, 0.3) is 6.43 Å². The first kappa shape index (κ1) is 11.5. The van der Waals surface area contributed by atoms with Crippen LogP contribution >= 0.6 is 0 Å². The summed E-state index contributed by atoms with van der Waals surface area (Å²) in [6.45, 7) is 1.79. The van der Waals surface area contributed by atoms with Gasteiger partial charge < -0.3 is 5.32 Å². The second-order valence-corrected chi connectivity index (χ2v) is 4.55. The van der Waals surface area contributed by atoms with E-state index in [1.165, 1.54) is 22.9 Å². The third-order valence-electron chi connectivity index (χ3n) is 3.36. The van der Waals surface area contributed by atoms with Crippen LogP contribution in [-0.2, 0) is 0 Å². The first-order valence-electron chi connectivity index (χ1n) is 6.08. The molecule has 1 fully saturated rings. The number of alkyl halides is 2. The van der Waals surface area contributed by atoms with Crippen LogP contribution < -0.4 is 5.32 Å². The third-order valence-corrected chi connectivity index (χ3v) is 3.36. The van der Waals surface area contributed by atoms with Gasteiger partial charge in [0.1, 0.15) is 0 Å². The van der Waals surface area contributed by atoms with Crippen molar-refractivity contribution in [2.24, 2.45) is 0 Å².